The van der Waals surface area contributed by atoms with E-state index in [0.29, 0.717) is 12.3 Å². The molecule has 0 aliphatic carbocycles. The number of nitro groups is 1. The van der Waals surface area contributed by atoms with Gasteiger partial charge in [-0.25, -0.2) is 0 Å². The third-order valence-corrected chi connectivity index (χ3v) is 2.89. The molecule has 0 bridgehead atoms. The van der Waals surface area contributed by atoms with Crippen molar-refractivity contribution in [1.82, 2.24) is 9.97 Å². The fraction of sp³-hybridized carbons (Fsp3) is 0.167. The minimum Gasteiger partial charge on any atom is -0.459 e. The molecule has 2 rings (SSSR count). The van der Waals surface area contributed by atoms with E-state index in [9.17, 15) is 10.1 Å². The average Bonchev–Trinajstić information content (AvgIpc) is 2.45. The molecule has 0 atom stereocenters. The zero-order chi connectivity index (χ0) is 13.7. The Bertz CT molecular complexity index is 578. The molecule has 1 heterocycles. The first kappa shape index (κ1) is 13.4. The summed E-state index contributed by atoms with van der Waals surface area (Å²) in [6.45, 7) is 0.320. The number of hydrogen-bond donors (Lipinski definition) is 0. The Hall–Kier alpha value is -2.02. The van der Waals surface area contributed by atoms with Gasteiger partial charge in [-0.3, -0.25) is 10.1 Å². The van der Waals surface area contributed by atoms with Gasteiger partial charge >= 0.3 is 11.7 Å². The maximum atomic E-state index is 10.7. The van der Waals surface area contributed by atoms with Crippen LogP contribution in [0.5, 0.6) is 6.01 Å². The number of alkyl halides is 1. The van der Waals surface area contributed by atoms with Gasteiger partial charge in [-0.05, 0) is 5.56 Å². The van der Waals surface area contributed by atoms with E-state index in [1.54, 1.807) is 0 Å². The molecule has 1 aromatic heterocycles. The second-order valence-electron chi connectivity index (χ2n) is 3.65. The van der Waals surface area contributed by atoms with Gasteiger partial charge in [-0.15, -0.1) is 0 Å². The molecule has 0 saturated heterocycles. The number of rotatable bonds is 5. The van der Waals surface area contributed by atoms with E-state index in [1.807, 2.05) is 30.3 Å². The van der Waals surface area contributed by atoms with Crippen LogP contribution in [0.1, 0.15) is 11.3 Å². The lowest BCUT2D eigenvalue weighted by Crippen LogP contribution is -2.03. The summed E-state index contributed by atoms with van der Waals surface area (Å²) in [5.41, 5.74) is 1.15. The lowest BCUT2D eigenvalue weighted by Gasteiger charge is -2.05. The van der Waals surface area contributed by atoms with Crippen molar-refractivity contribution in [2.45, 2.75) is 11.9 Å². The van der Waals surface area contributed by atoms with Crippen LogP contribution < -0.4 is 4.74 Å². The maximum Gasteiger partial charge on any atom is 0.317 e. The predicted octanol–water partition coefficient (Wildman–Crippen LogP) is 2.86. The van der Waals surface area contributed by atoms with Crippen LogP contribution in [0.4, 0.5) is 5.69 Å². The van der Waals surface area contributed by atoms with Crippen LogP contribution in [0.3, 0.4) is 0 Å². The van der Waals surface area contributed by atoms with Gasteiger partial charge < -0.3 is 4.74 Å². The van der Waals surface area contributed by atoms with Crippen LogP contribution in [0.2, 0.25) is 0 Å². The summed E-state index contributed by atoms with van der Waals surface area (Å²) in [5.74, 6) is 0. The topological polar surface area (TPSA) is 78.2 Å². The van der Waals surface area contributed by atoms with Crippen LogP contribution in [0, 0.1) is 10.1 Å². The van der Waals surface area contributed by atoms with E-state index < -0.39 is 4.92 Å². The van der Waals surface area contributed by atoms with Gasteiger partial charge in [0.2, 0.25) is 0 Å². The van der Waals surface area contributed by atoms with Crippen LogP contribution in [0.25, 0.3) is 0 Å². The second kappa shape index (κ2) is 6.24. The van der Waals surface area contributed by atoms with Crippen molar-refractivity contribution in [3.05, 3.63) is 57.9 Å². The Balaban J connectivity index is 2.11. The second-order valence-corrected chi connectivity index (χ2v) is 4.21. The molecule has 0 unspecified atom stereocenters. The summed E-state index contributed by atoms with van der Waals surface area (Å²) in [6, 6.07) is 9.67. The zero-order valence-electron chi connectivity index (χ0n) is 9.82. The number of aromatic nitrogens is 2. The van der Waals surface area contributed by atoms with E-state index in [0.717, 1.165) is 11.8 Å². The molecule has 0 aliphatic rings. The summed E-state index contributed by atoms with van der Waals surface area (Å²) in [5, 5.41) is 11.0. The maximum absolute atomic E-state index is 10.7. The van der Waals surface area contributed by atoms with Gasteiger partial charge in [0.05, 0.1) is 10.3 Å². The van der Waals surface area contributed by atoms with Gasteiger partial charge in [0.15, 0.2) is 0 Å². The first-order chi connectivity index (χ1) is 9.20. The van der Waals surface area contributed by atoms with Crippen molar-refractivity contribution in [3.63, 3.8) is 0 Å². The number of ether oxygens (including phenoxy) is 1. The molecule has 0 N–H and O–H groups in total. The quantitative estimate of drug-likeness (QED) is 0.480. The fourth-order valence-electron chi connectivity index (χ4n) is 1.43. The molecule has 0 radical (unpaired) electrons. The summed E-state index contributed by atoms with van der Waals surface area (Å²) in [4.78, 5) is 18.1. The van der Waals surface area contributed by atoms with Gasteiger partial charge in [-0.1, -0.05) is 46.3 Å². The molecule has 7 heteroatoms. The van der Waals surface area contributed by atoms with Gasteiger partial charge in [0, 0.05) is 0 Å². The lowest BCUT2D eigenvalue weighted by molar-refractivity contribution is -0.386. The summed E-state index contributed by atoms with van der Waals surface area (Å²) < 4.78 is 5.40. The minimum absolute atomic E-state index is 0.121. The highest BCUT2D eigenvalue weighted by molar-refractivity contribution is 9.08. The number of nitrogens with zero attached hydrogens (tertiary/aromatic N) is 3. The molecular formula is C12H10BrN3O3. The lowest BCUT2D eigenvalue weighted by atomic mass is 10.2. The van der Waals surface area contributed by atoms with Crippen molar-refractivity contribution >= 4 is 21.6 Å². The van der Waals surface area contributed by atoms with E-state index in [-0.39, 0.29) is 17.0 Å². The Kier molecular flexibility index (Phi) is 4.40. The molecule has 19 heavy (non-hydrogen) atoms. The third kappa shape index (κ3) is 3.47. The first-order valence-electron chi connectivity index (χ1n) is 5.43. The molecule has 0 saturated carbocycles. The Labute approximate surface area is 117 Å². The molecule has 0 spiro atoms. The molecule has 1 aromatic carbocycles. The average molecular weight is 324 g/mol. The third-order valence-electron chi connectivity index (χ3n) is 2.36. The van der Waals surface area contributed by atoms with E-state index in [1.165, 1.54) is 0 Å². The Morgan fingerprint density at radius 3 is 2.68 bits per heavy atom. The van der Waals surface area contributed by atoms with Gasteiger partial charge in [-0.2, -0.15) is 9.97 Å². The molecule has 0 aliphatic heterocycles. The van der Waals surface area contributed by atoms with E-state index in [4.69, 9.17) is 4.74 Å². The van der Waals surface area contributed by atoms with Crippen molar-refractivity contribution < 1.29 is 9.66 Å². The Morgan fingerprint density at radius 1 is 1.32 bits per heavy atom. The van der Waals surface area contributed by atoms with Crippen molar-refractivity contribution in [1.29, 1.82) is 0 Å². The molecule has 0 amide bonds. The zero-order valence-corrected chi connectivity index (χ0v) is 11.4. The van der Waals surface area contributed by atoms with Crippen molar-refractivity contribution in [2.75, 3.05) is 0 Å². The highest BCUT2D eigenvalue weighted by Gasteiger charge is 2.16. The number of hydrogen-bond acceptors (Lipinski definition) is 5. The summed E-state index contributed by atoms with van der Waals surface area (Å²) >= 11 is 3.16. The minimum atomic E-state index is -0.516. The fourth-order valence-corrected chi connectivity index (χ4v) is 1.85. The predicted molar refractivity (Wildman–Crippen MR) is 72.1 cm³/mol. The van der Waals surface area contributed by atoms with E-state index >= 15 is 0 Å². The van der Waals surface area contributed by atoms with Gasteiger partial charge in [0.1, 0.15) is 18.5 Å². The SMILES string of the molecule is O=[N+]([O-])c1cnc(OCc2ccccc2)nc1CBr. The summed E-state index contributed by atoms with van der Waals surface area (Å²) in [6.07, 6.45) is 1.16. The van der Waals surface area contributed by atoms with Crippen LogP contribution in [0.15, 0.2) is 36.5 Å². The van der Waals surface area contributed by atoms with Crippen LogP contribution >= 0.6 is 15.9 Å². The standard InChI is InChI=1S/C12H10BrN3O3/c13-6-10-11(16(17)18)7-14-12(15-10)19-8-9-4-2-1-3-5-9/h1-5,7H,6,8H2. The van der Waals surface area contributed by atoms with Crippen molar-refractivity contribution in [3.8, 4) is 6.01 Å². The normalized spacial score (nSPS) is 10.2. The Morgan fingerprint density at radius 2 is 2.05 bits per heavy atom. The van der Waals surface area contributed by atoms with Crippen LogP contribution in [-0.2, 0) is 11.9 Å². The van der Waals surface area contributed by atoms with E-state index in [2.05, 4.69) is 25.9 Å². The molecule has 2 aromatic rings. The monoisotopic (exact) mass is 323 g/mol. The molecule has 6 nitrogen and oxygen atoms in total. The van der Waals surface area contributed by atoms with Gasteiger partial charge in [0.25, 0.3) is 0 Å². The smallest absolute Gasteiger partial charge is 0.317 e. The molecular weight excluding hydrogens is 314 g/mol. The summed E-state index contributed by atoms with van der Waals surface area (Å²) in [7, 11) is 0. The van der Waals surface area contributed by atoms with Crippen LogP contribution in [-0.4, -0.2) is 14.9 Å². The first-order valence-corrected chi connectivity index (χ1v) is 6.56. The molecule has 98 valence electrons. The molecule has 0 fully saturated rings. The number of benzene rings is 1. The highest BCUT2D eigenvalue weighted by Crippen LogP contribution is 2.20. The highest BCUT2D eigenvalue weighted by atomic mass is 79.9. The van der Waals surface area contributed by atoms with Crippen molar-refractivity contribution in [2.24, 2.45) is 0 Å². The largest absolute Gasteiger partial charge is 0.459 e. The number of halogens is 1.